The maximum atomic E-state index is 13.3. The van der Waals surface area contributed by atoms with E-state index in [9.17, 15) is 18.0 Å². The first-order chi connectivity index (χ1) is 9.06. The summed E-state index contributed by atoms with van der Waals surface area (Å²) in [5, 5.41) is 0. The van der Waals surface area contributed by atoms with E-state index < -0.39 is 23.2 Å². The zero-order valence-corrected chi connectivity index (χ0v) is 9.74. The predicted octanol–water partition coefficient (Wildman–Crippen LogP) is 4.00. The molecule has 19 heavy (non-hydrogen) atoms. The Morgan fingerprint density at radius 1 is 0.895 bits per heavy atom. The van der Waals surface area contributed by atoms with Gasteiger partial charge in [-0.15, -0.1) is 0 Å². The Bertz CT molecular complexity index is 630. The van der Waals surface area contributed by atoms with Crippen LogP contribution in [0.2, 0.25) is 0 Å². The summed E-state index contributed by atoms with van der Waals surface area (Å²) in [6.07, 6.45) is 2.30. The first-order valence-electron chi connectivity index (χ1n) is 5.49. The molecule has 2 aromatic rings. The molecule has 0 atom stereocenters. The fourth-order valence-corrected chi connectivity index (χ4v) is 1.52. The highest BCUT2D eigenvalue weighted by Crippen LogP contribution is 2.12. The summed E-state index contributed by atoms with van der Waals surface area (Å²) < 4.78 is 38.9. The number of hydrogen-bond donors (Lipinski definition) is 0. The number of allylic oxidation sites excluding steroid dienone is 1. The van der Waals surface area contributed by atoms with E-state index in [0.29, 0.717) is 0 Å². The molecule has 0 aliphatic heterocycles. The molecule has 4 heteroatoms. The van der Waals surface area contributed by atoms with Gasteiger partial charge in [-0.05, 0) is 54.6 Å². The fraction of sp³-hybridized carbons (Fsp3) is 0. The van der Waals surface area contributed by atoms with E-state index in [1.807, 2.05) is 0 Å². The van der Waals surface area contributed by atoms with Crippen LogP contribution in [0.25, 0.3) is 6.08 Å². The molecule has 2 aromatic carbocycles. The van der Waals surface area contributed by atoms with Crippen molar-refractivity contribution in [3.8, 4) is 0 Å². The van der Waals surface area contributed by atoms with Crippen LogP contribution in [0.15, 0.2) is 48.5 Å². The Labute approximate surface area is 108 Å². The Morgan fingerprint density at radius 2 is 1.53 bits per heavy atom. The molecule has 2 rings (SSSR count). The van der Waals surface area contributed by atoms with Crippen molar-refractivity contribution in [1.82, 2.24) is 0 Å². The van der Waals surface area contributed by atoms with Crippen LogP contribution in [-0.4, -0.2) is 5.78 Å². The Morgan fingerprint density at radius 3 is 2.21 bits per heavy atom. The summed E-state index contributed by atoms with van der Waals surface area (Å²) in [6, 6.07) is 7.93. The van der Waals surface area contributed by atoms with Gasteiger partial charge in [-0.1, -0.05) is 0 Å². The molecule has 0 radical (unpaired) electrons. The standard InChI is InChI=1S/C15H9F3O/c16-12-4-1-10(2-5-12)15(19)8-3-11-9-13(17)6-7-14(11)18/h1-9H/b8-3+. The van der Waals surface area contributed by atoms with E-state index >= 15 is 0 Å². The van der Waals surface area contributed by atoms with Gasteiger partial charge >= 0.3 is 0 Å². The lowest BCUT2D eigenvalue weighted by Crippen LogP contribution is -1.94. The van der Waals surface area contributed by atoms with Crippen LogP contribution in [0.4, 0.5) is 13.2 Å². The van der Waals surface area contributed by atoms with E-state index in [1.165, 1.54) is 18.2 Å². The molecule has 0 saturated heterocycles. The van der Waals surface area contributed by atoms with E-state index in [4.69, 9.17) is 0 Å². The Kier molecular flexibility index (Phi) is 3.80. The lowest BCUT2D eigenvalue weighted by Gasteiger charge is -1.98. The van der Waals surface area contributed by atoms with Gasteiger partial charge in [0, 0.05) is 11.1 Å². The minimum atomic E-state index is -0.621. The van der Waals surface area contributed by atoms with Crippen molar-refractivity contribution in [3.63, 3.8) is 0 Å². The molecule has 0 saturated carbocycles. The molecule has 0 spiro atoms. The molecule has 0 unspecified atom stereocenters. The lowest BCUT2D eigenvalue weighted by atomic mass is 10.1. The fourth-order valence-electron chi connectivity index (χ4n) is 1.52. The van der Waals surface area contributed by atoms with Gasteiger partial charge in [0.05, 0.1) is 0 Å². The summed E-state index contributed by atoms with van der Waals surface area (Å²) >= 11 is 0. The second-order valence-electron chi connectivity index (χ2n) is 3.87. The van der Waals surface area contributed by atoms with Gasteiger partial charge in [0.25, 0.3) is 0 Å². The third-order valence-corrected chi connectivity index (χ3v) is 2.50. The molecule has 96 valence electrons. The Hall–Kier alpha value is -2.36. The molecule has 0 aliphatic rings. The van der Waals surface area contributed by atoms with Crippen LogP contribution in [0.3, 0.4) is 0 Å². The number of benzene rings is 2. The Balaban J connectivity index is 2.20. The highest BCUT2D eigenvalue weighted by atomic mass is 19.1. The molecule has 0 aliphatic carbocycles. The first-order valence-corrected chi connectivity index (χ1v) is 5.49. The summed E-state index contributed by atoms with van der Waals surface area (Å²) in [6.45, 7) is 0. The highest BCUT2D eigenvalue weighted by molar-refractivity contribution is 6.06. The molecule has 0 aromatic heterocycles. The summed E-state index contributed by atoms with van der Waals surface area (Å²) in [5.41, 5.74) is 0.255. The van der Waals surface area contributed by atoms with Crippen LogP contribution in [0, 0.1) is 17.5 Å². The molecule has 0 bridgehead atoms. The van der Waals surface area contributed by atoms with Crippen LogP contribution >= 0.6 is 0 Å². The summed E-state index contributed by atoms with van der Waals surface area (Å²) in [5.74, 6) is -2.07. The molecule has 1 nitrogen and oxygen atoms in total. The number of hydrogen-bond acceptors (Lipinski definition) is 1. The zero-order valence-electron chi connectivity index (χ0n) is 9.74. The molecule has 0 fully saturated rings. The van der Waals surface area contributed by atoms with Crippen LogP contribution in [0.1, 0.15) is 15.9 Å². The van der Waals surface area contributed by atoms with E-state index in [1.54, 1.807) is 0 Å². The lowest BCUT2D eigenvalue weighted by molar-refractivity contribution is 0.104. The predicted molar refractivity (Wildman–Crippen MR) is 66.1 cm³/mol. The van der Waals surface area contributed by atoms with Crippen molar-refractivity contribution >= 4 is 11.9 Å². The van der Waals surface area contributed by atoms with E-state index in [-0.39, 0.29) is 11.1 Å². The first kappa shape index (κ1) is 13.1. The van der Waals surface area contributed by atoms with E-state index in [0.717, 1.165) is 36.4 Å². The van der Waals surface area contributed by atoms with Crippen molar-refractivity contribution in [3.05, 3.63) is 77.1 Å². The van der Waals surface area contributed by atoms with Gasteiger partial charge in [0.1, 0.15) is 17.5 Å². The normalized spacial score (nSPS) is 10.9. The smallest absolute Gasteiger partial charge is 0.185 e. The largest absolute Gasteiger partial charge is 0.289 e. The SMILES string of the molecule is O=C(/C=C/c1cc(F)ccc1F)c1ccc(F)cc1. The van der Waals surface area contributed by atoms with Gasteiger partial charge in [-0.3, -0.25) is 4.79 Å². The van der Waals surface area contributed by atoms with Crippen molar-refractivity contribution in [2.24, 2.45) is 0 Å². The third-order valence-electron chi connectivity index (χ3n) is 2.50. The molecular weight excluding hydrogens is 253 g/mol. The molecule has 0 heterocycles. The maximum absolute atomic E-state index is 13.3. The summed E-state index contributed by atoms with van der Waals surface area (Å²) in [4.78, 5) is 11.7. The van der Waals surface area contributed by atoms with Crippen molar-refractivity contribution < 1.29 is 18.0 Å². The monoisotopic (exact) mass is 262 g/mol. The average molecular weight is 262 g/mol. The molecule has 0 N–H and O–H groups in total. The number of carbonyl (C=O) groups is 1. The van der Waals surface area contributed by atoms with Crippen LogP contribution < -0.4 is 0 Å². The van der Waals surface area contributed by atoms with Gasteiger partial charge in [0.15, 0.2) is 5.78 Å². The average Bonchev–Trinajstić information content (AvgIpc) is 2.40. The number of halogens is 3. The van der Waals surface area contributed by atoms with Crippen molar-refractivity contribution in [2.75, 3.05) is 0 Å². The molecular formula is C15H9F3O. The van der Waals surface area contributed by atoms with Gasteiger partial charge in [-0.2, -0.15) is 0 Å². The summed E-state index contributed by atoms with van der Waals surface area (Å²) in [7, 11) is 0. The number of ketones is 1. The van der Waals surface area contributed by atoms with Gasteiger partial charge < -0.3 is 0 Å². The van der Waals surface area contributed by atoms with Crippen LogP contribution in [-0.2, 0) is 0 Å². The minimum absolute atomic E-state index is 0.0181. The van der Waals surface area contributed by atoms with Crippen molar-refractivity contribution in [2.45, 2.75) is 0 Å². The zero-order chi connectivity index (χ0) is 13.8. The topological polar surface area (TPSA) is 17.1 Å². The minimum Gasteiger partial charge on any atom is -0.289 e. The quantitative estimate of drug-likeness (QED) is 0.603. The van der Waals surface area contributed by atoms with Crippen molar-refractivity contribution in [1.29, 1.82) is 0 Å². The van der Waals surface area contributed by atoms with E-state index in [2.05, 4.69) is 0 Å². The second-order valence-corrected chi connectivity index (χ2v) is 3.87. The number of carbonyl (C=O) groups excluding carboxylic acids is 1. The number of rotatable bonds is 3. The van der Waals surface area contributed by atoms with Crippen LogP contribution in [0.5, 0.6) is 0 Å². The van der Waals surface area contributed by atoms with Gasteiger partial charge in [-0.25, -0.2) is 13.2 Å². The molecule has 0 amide bonds. The second kappa shape index (κ2) is 5.52. The highest BCUT2D eigenvalue weighted by Gasteiger charge is 2.04. The van der Waals surface area contributed by atoms with Gasteiger partial charge in [0.2, 0.25) is 0 Å². The third kappa shape index (κ3) is 3.31. The maximum Gasteiger partial charge on any atom is 0.185 e.